The first-order valence-corrected chi connectivity index (χ1v) is 11.8. The molecule has 0 aliphatic heterocycles. The van der Waals surface area contributed by atoms with Gasteiger partial charge in [-0.1, -0.05) is 77.6 Å². The molecule has 1 aliphatic carbocycles. The summed E-state index contributed by atoms with van der Waals surface area (Å²) < 4.78 is 2.68. The monoisotopic (exact) mass is 475 g/mol. The maximum Gasteiger partial charge on any atom is 0.237 e. The number of thiazole rings is 1. The molecule has 168 valence electrons. The molecule has 2 heterocycles. The van der Waals surface area contributed by atoms with E-state index in [1.807, 2.05) is 55.5 Å². The zero-order valence-corrected chi connectivity index (χ0v) is 19.4. The van der Waals surface area contributed by atoms with Gasteiger partial charge in [0.2, 0.25) is 16.7 Å². The van der Waals surface area contributed by atoms with Crippen molar-refractivity contribution in [2.75, 3.05) is 0 Å². The number of hydrogen-bond donors (Lipinski definition) is 0. The van der Waals surface area contributed by atoms with Gasteiger partial charge in [-0.05, 0) is 25.1 Å². The number of benzene rings is 3. The van der Waals surface area contributed by atoms with Crippen LogP contribution in [0.15, 0.2) is 84.6 Å². The molecule has 7 heteroatoms. The third-order valence-electron chi connectivity index (χ3n) is 5.96. The van der Waals surface area contributed by atoms with Crippen LogP contribution in [0.3, 0.4) is 0 Å². The van der Waals surface area contributed by atoms with Gasteiger partial charge in [-0.2, -0.15) is 5.10 Å². The van der Waals surface area contributed by atoms with Gasteiger partial charge in [0.05, 0.1) is 15.8 Å². The Labute approximate surface area is 204 Å². The Hall–Kier alpha value is -4.49. The topological polar surface area (TPSA) is 81.9 Å². The van der Waals surface area contributed by atoms with Crippen LogP contribution in [0.1, 0.15) is 31.8 Å². The molecule has 2 aromatic heterocycles. The fourth-order valence-electron chi connectivity index (χ4n) is 4.14. The number of fused-ring (bicyclic) bond motifs is 2. The molecular formula is C28H17N3O3S. The SMILES string of the molecule is Cc1ccc(-c2nn(-c3nc4ccccc4s3)cc2/C=C2/C(=O)C(=O)c3ccccc3C2=O)cc1. The van der Waals surface area contributed by atoms with Crippen molar-refractivity contribution in [2.45, 2.75) is 6.92 Å². The highest BCUT2D eigenvalue weighted by Crippen LogP contribution is 2.31. The number of carbonyl (C=O) groups is 3. The number of ketones is 3. The summed E-state index contributed by atoms with van der Waals surface area (Å²) in [5.74, 6) is -1.95. The summed E-state index contributed by atoms with van der Waals surface area (Å²) in [5, 5.41) is 5.43. The molecule has 0 atom stereocenters. The van der Waals surface area contributed by atoms with Gasteiger partial charge in [-0.25, -0.2) is 9.67 Å². The molecule has 1 aliphatic rings. The van der Waals surface area contributed by atoms with Gasteiger partial charge in [0.1, 0.15) is 5.69 Å². The lowest BCUT2D eigenvalue weighted by Gasteiger charge is -2.15. The number of aromatic nitrogens is 3. The van der Waals surface area contributed by atoms with Crippen LogP contribution in [0.25, 0.3) is 32.7 Å². The fourth-order valence-corrected chi connectivity index (χ4v) is 5.04. The largest absolute Gasteiger partial charge is 0.288 e. The zero-order valence-electron chi connectivity index (χ0n) is 18.6. The molecule has 0 saturated heterocycles. The zero-order chi connectivity index (χ0) is 24.1. The van der Waals surface area contributed by atoms with Crippen LogP contribution in [0.5, 0.6) is 0 Å². The molecule has 5 aromatic rings. The quantitative estimate of drug-likeness (QED) is 0.196. The second kappa shape index (κ2) is 8.07. The van der Waals surface area contributed by atoms with E-state index in [-0.39, 0.29) is 16.7 Å². The standard InChI is InChI=1S/C28H17N3O3S/c1-16-10-12-17(13-11-16)24-18(15-31(30-24)28-29-22-8-4-5-9-23(22)35-28)14-21-25(32)19-6-2-3-7-20(19)26(33)27(21)34/h2-15H,1H3/b21-14+. The third-order valence-corrected chi connectivity index (χ3v) is 6.98. The predicted molar refractivity (Wildman–Crippen MR) is 135 cm³/mol. The van der Waals surface area contributed by atoms with E-state index in [0.29, 0.717) is 16.4 Å². The minimum Gasteiger partial charge on any atom is -0.288 e. The molecule has 6 rings (SSSR count). The first-order valence-electron chi connectivity index (χ1n) is 11.0. The highest BCUT2D eigenvalue weighted by Gasteiger charge is 2.35. The minimum atomic E-state index is -0.809. The Bertz CT molecular complexity index is 1670. The van der Waals surface area contributed by atoms with Crippen molar-refractivity contribution in [1.29, 1.82) is 0 Å². The number of carbonyl (C=O) groups excluding carboxylic acids is 3. The highest BCUT2D eigenvalue weighted by molar-refractivity contribution is 7.20. The van der Waals surface area contributed by atoms with Crippen LogP contribution < -0.4 is 0 Å². The lowest BCUT2D eigenvalue weighted by Crippen LogP contribution is -2.29. The lowest BCUT2D eigenvalue weighted by atomic mass is 9.84. The normalized spacial score (nSPS) is 14.7. The van der Waals surface area contributed by atoms with Gasteiger partial charge in [0.15, 0.2) is 5.78 Å². The van der Waals surface area contributed by atoms with Crippen LogP contribution >= 0.6 is 11.3 Å². The molecule has 0 amide bonds. The Morgan fingerprint density at radius 1 is 0.800 bits per heavy atom. The van der Waals surface area contributed by atoms with Crippen molar-refractivity contribution in [3.05, 3.63) is 107 Å². The van der Waals surface area contributed by atoms with Crippen LogP contribution in [-0.4, -0.2) is 32.1 Å². The van der Waals surface area contributed by atoms with Crippen LogP contribution in [0.4, 0.5) is 0 Å². The van der Waals surface area contributed by atoms with E-state index in [1.54, 1.807) is 29.1 Å². The predicted octanol–water partition coefficient (Wildman–Crippen LogP) is 5.49. The Morgan fingerprint density at radius 2 is 1.49 bits per heavy atom. The second-order valence-electron chi connectivity index (χ2n) is 8.30. The smallest absolute Gasteiger partial charge is 0.237 e. The van der Waals surface area contributed by atoms with Crippen LogP contribution in [-0.2, 0) is 4.79 Å². The average molecular weight is 476 g/mol. The molecule has 35 heavy (non-hydrogen) atoms. The van der Waals surface area contributed by atoms with E-state index in [4.69, 9.17) is 5.10 Å². The van der Waals surface area contributed by atoms with Crippen LogP contribution in [0, 0.1) is 6.92 Å². The molecule has 0 unspecified atom stereocenters. The summed E-state index contributed by atoms with van der Waals surface area (Å²) in [6.07, 6.45) is 3.22. The van der Waals surface area contributed by atoms with E-state index in [0.717, 1.165) is 21.3 Å². The van der Waals surface area contributed by atoms with Crippen molar-refractivity contribution in [3.8, 4) is 16.4 Å². The number of aryl methyl sites for hydroxylation is 1. The second-order valence-corrected chi connectivity index (χ2v) is 9.31. The van der Waals surface area contributed by atoms with Gasteiger partial charge in [0, 0.05) is 28.5 Å². The van der Waals surface area contributed by atoms with E-state index in [2.05, 4.69) is 4.98 Å². The molecule has 0 N–H and O–H groups in total. The van der Waals surface area contributed by atoms with Crippen LogP contribution in [0.2, 0.25) is 0 Å². The maximum atomic E-state index is 13.2. The lowest BCUT2D eigenvalue weighted by molar-refractivity contribution is -0.111. The number of nitrogens with zero attached hydrogens (tertiary/aromatic N) is 3. The molecule has 3 aromatic carbocycles. The molecule has 6 nitrogen and oxygen atoms in total. The maximum absolute atomic E-state index is 13.2. The van der Waals surface area contributed by atoms with Crippen molar-refractivity contribution >= 4 is 45.0 Å². The number of rotatable bonds is 3. The van der Waals surface area contributed by atoms with E-state index >= 15 is 0 Å². The van der Waals surface area contributed by atoms with Gasteiger partial charge in [0.25, 0.3) is 0 Å². The minimum absolute atomic E-state index is 0.142. The number of hydrogen-bond acceptors (Lipinski definition) is 6. The fraction of sp³-hybridized carbons (Fsp3) is 0.0357. The molecule has 0 saturated carbocycles. The van der Waals surface area contributed by atoms with Crippen molar-refractivity contribution in [3.63, 3.8) is 0 Å². The molecule has 0 spiro atoms. The van der Waals surface area contributed by atoms with E-state index in [9.17, 15) is 14.4 Å². The van der Waals surface area contributed by atoms with Crippen molar-refractivity contribution < 1.29 is 14.4 Å². The average Bonchev–Trinajstić information content (AvgIpc) is 3.50. The van der Waals surface area contributed by atoms with E-state index in [1.165, 1.54) is 23.5 Å². The number of para-hydroxylation sites is 1. The van der Waals surface area contributed by atoms with Crippen molar-refractivity contribution in [2.24, 2.45) is 0 Å². The summed E-state index contributed by atoms with van der Waals surface area (Å²) in [6, 6.07) is 22.0. The summed E-state index contributed by atoms with van der Waals surface area (Å²) >= 11 is 1.49. The van der Waals surface area contributed by atoms with Gasteiger partial charge >= 0.3 is 0 Å². The van der Waals surface area contributed by atoms with E-state index < -0.39 is 17.3 Å². The Kier molecular flexibility index (Phi) is 4.86. The summed E-state index contributed by atoms with van der Waals surface area (Å²) in [5.41, 5.74) is 4.14. The molecule has 0 fully saturated rings. The van der Waals surface area contributed by atoms with Gasteiger partial charge < -0.3 is 0 Å². The number of Topliss-reactive ketones (excluding diaryl/α,β-unsaturated/α-hetero) is 3. The molecule has 0 bridgehead atoms. The first-order chi connectivity index (χ1) is 17.0. The van der Waals surface area contributed by atoms with Gasteiger partial charge in [-0.15, -0.1) is 0 Å². The Balaban J connectivity index is 1.53. The molecule has 0 radical (unpaired) electrons. The third kappa shape index (κ3) is 3.53. The summed E-state index contributed by atoms with van der Waals surface area (Å²) in [4.78, 5) is 43.5. The number of allylic oxidation sites excluding steroid dienone is 1. The van der Waals surface area contributed by atoms with Crippen molar-refractivity contribution in [1.82, 2.24) is 14.8 Å². The molecular weight excluding hydrogens is 458 g/mol. The van der Waals surface area contributed by atoms with Gasteiger partial charge in [-0.3, -0.25) is 14.4 Å². The first kappa shape index (κ1) is 21.1. The highest BCUT2D eigenvalue weighted by atomic mass is 32.1. The summed E-state index contributed by atoms with van der Waals surface area (Å²) in [7, 11) is 0. The Morgan fingerprint density at radius 3 is 2.23 bits per heavy atom. The summed E-state index contributed by atoms with van der Waals surface area (Å²) in [6.45, 7) is 1.99.